The maximum absolute atomic E-state index is 12.4. The zero-order valence-electron chi connectivity index (χ0n) is 12.8. The van der Waals surface area contributed by atoms with Crippen molar-refractivity contribution in [2.75, 3.05) is 5.43 Å². The number of carbonyl (C=O) groups is 2. The monoisotopic (exact) mass is 304 g/mol. The third kappa shape index (κ3) is 4.76. The van der Waals surface area contributed by atoms with Crippen LogP contribution in [0.3, 0.4) is 0 Å². The molecule has 0 aliphatic heterocycles. The van der Waals surface area contributed by atoms with E-state index in [-0.39, 0.29) is 5.91 Å². The normalized spacial score (nSPS) is 22.7. The van der Waals surface area contributed by atoms with Gasteiger partial charge in [-0.15, -0.1) is 0 Å². The second-order valence-electron chi connectivity index (χ2n) is 5.88. The minimum atomic E-state index is -0.859. The van der Waals surface area contributed by atoms with Crippen LogP contribution in [0.4, 0.5) is 5.69 Å². The first-order valence-corrected chi connectivity index (χ1v) is 8.02. The topological polar surface area (TPSA) is 78.4 Å². The molecule has 1 aliphatic carbocycles. The van der Waals surface area contributed by atoms with Crippen molar-refractivity contribution in [1.29, 1.82) is 0 Å². The lowest BCUT2D eigenvalue weighted by Crippen LogP contribution is -2.40. The average Bonchev–Trinajstić information content (AvgIpc) is 2.65. The fourth-order valence-corrected chi connectivity index (χ4v) is 3.02. The van der Waals surface area contributed by atoms with Crippen LogP contribution in [-0.4, -0.2) is 17.0 Å². The van der Waals surface area contributed by atoms with Crippen molar-refractivity contribution in [3.8, 4) is 0 Å². The summed E-state index contributed by atoms with van der Waals surface area (Å²) in [5.74, 6) is -2.14. The molecule has 0 bridgehead atoms. The van der Waals surface area contributed by atoms with E-state index in [4.69, 9.17) is 0 Å². The summed E-state index contributed by atoms with van der Waals surface area (Å²) in [7, 11) is 0. The van der Waals surface area contributed by atoms with E-state index < -0.39 is 17.8 Å². The van der Waals surface area contributed by atoms with Crippen LogP contribution < -0.4 is 10.9 Å². The molecule has 2 rings (SSSR count). The maximum Gasteiger partial charge on any atom is 0.307 e. The van der Waals surface area contributed by atoms with E-state index in [1.165, 1.54) is 0 Å². The molecule has 0 heterocycles. The number of aliphatic carboxylic acids is 1. The van der Waals surface area contributed by atoms with Gasteiger partial charge in [0, 0.05) is 0 Å². The van der Waals surface area contributed by atoms with Crippen LogP contribution in [0.5, 0.6) is 0 Å². The van der Waals surface area contributed by atoms with Gasteiger partial charge in [-0.1, -0.05) is 50.3 Å². The number of carboxylic acid groups (broad SMARTS) is 1. The molecule has 5 nitrogen and oxygen atoms in total. The summed E-state index contributed by atoms with van der Waals surface area (Å²) in [5, 5.41) is 9.45. The highest BCUT2D eigenvalue weighted by molar-refractivity contribution is 5.85. The van der Waals surface area contributed by atoms with Crippen molar-refractivity contribution in [3.63, 3.8) is 0 Å². The summed E-state index contributed by atoms with van der Waals surface area (Å²) in [6.07, 6.45) is 6.27. The number of amides is 1. The highest BCUT2D eigenvalue weighted by atomic mass is 16.4. The van der Waals surface area contributed by atoms with Crippen LogP contribution in [-0.2, 0) is 9.59 Å². The molecule has 3 N–H and O–H groups in total. The summed E-state index contributed by atoms with van der Waals surface area (Å²) in [6, 6.07) is 9.32. The maximum atomic E-state index is 12.4. The number of hydrazine groups is 1. The fraction of sp³-hybridized carbons (Fsp3) is 0.529. The van der Waals surface area contributed by atoms with Crippen LogP contribution in [0.25, 0.3) is 0 Å². The summed E-state index contributed by atoms with van der Waals surface area (Å²) < 4.78 is 0. The van der Waals surface area contributed by atoms with Gasteiger partial charge in [-0.05, 0) is 25.0 Å². The van der Waals surface area contributed by atoms with Gasteiger partial charge in [-0.2, -0.15) is 0 Å². The van der Waals surface area contributed by atoms with Crippen LogP contribution >= 0.6 is 0 Å². The lowest BCUT2D eigenvalue weighted by atomic mass is 9.85. The van der Waals surface area contributed by atoms with E-state index in [2.05, 4.69) is 10.9 Å². The zero-order chi connectivity index (χ0) is 15.8. The molecule has 22 heavy (non-hydrogen) atoms. The predicted octanol–water partition coefficient (Wildman–Crippen LogP) is 3.19. The van der Waals surface area contributed by atoms with E-state index in [1.807, 2.05) is 30.3 Å². The third-order valence-corrected chi connectivity index (χ3v) is 4.27. The number of carbonyl (C=O) groups excluding carboxylic acids is 1. The van der Waals surface area contributed by atoms with E-state index in [9.17, 15) is 14.7 Å². The molecular formula is C17H24N2O3. The van der Waals surface area contributed by atoms with Gasteiger partial charge >= 0.3 is 5.97 Å². The Morgan fingerprint density at radius 2 is 1.50 bits per heavy atom. The van der Waals surface area contributed by atoms with E-state index in [0.29, 0.717) is 12.8 Å². The molecule has 1 aromatic carbocycles. The number of anilines is 1. The second kappa shape index (κ2) is 8.41. The molecule has 1 aromatic rings. The van der Waals surface area contributed by atoms with Gasteiger partial charge in [0.25, 0.3) is 0 Å². The Hall–Kier alpha value is -2.04. The van der Waals surface area contributed by atoms with Gasteiger partial charge in [0.1, 0.15) is 0 Å². The first-order chi connectivity index (χ1) is 10.7. The van der Waals surface area contributed by atoms with E-state index >= 15 is 0 Å². The van der Waals surface area contributed by atoms with Gasteiger partial charge < -0.3 is 5.11 Å². The van der Waals surface area contributed by atoms with Crippen molar-refractivity contribution in [2.45, 2.75) is 44.9 Å². The summed E-state index contributed by atoms with van der Waals surface area (Å²) in [5.41, 5.74) is 6.31. The van der Waals surface area contributed by atoms with Gasteiger partial charge in [0.15, 0.2) is 0 Å². The summed E-state index contributed by atoms with van der Waals surface area (Å²) in [4.78, 5) is 23.9. The molecule has 120 valence electrons. The zero-order valence-corrected chi connectivity index (χ0v) is 12.8. The minimum Gasteiger partial charge on any atom is -0.481 e. The van der Waals surface area contributed by atoms with Crippen molar-refractivity contribution in [1.82, 2.24) is 5.43 Å². The Morgan fingerprint density at radius 1 is 0.909 bits per heavy atom. The fourth-order valence-electron chi connectivity index (χ4n) is 3.02. The van der Waals surface area contributed by atoms with Gasteiger partial charge in [-0.3, -0.25) is 20.4 Å². The van der Waals surface area contributed by atoms with Crippen LogP contribution in [0.2, 0.25) is 0 Å². The number of para-hydroxylation sites is 1. The molecule has 0 saturated heterocycles. The number of benzene rings is 1. The highest BCUT2D eigenvalue weighted by Gasteiger charge is 2.33. The number of nitrogens with one attached hydrogen (secondary N) is 2. The standard InChI is InChI=1S/C17H24N2O3/c20-16(19-18-13-9-5-4-6-10-13)14-11-7-2-1-3-8-12-15(14)17(21)22/h4-6,9-10,14-15,18H,1-3,7-8,11-12H2,(H,19,20)(H,21,22). The number of rotatable bonds is 4. The molecule has 2 atom stereocenters. The van der Waals surface area contributed by atoms with E-state index in [1.54, 1.807) is 0 Å². The van der Waals surface area contributed by atoms with E-state index in [0.717, 1.165) is 37.8 Å². The molecule has 0 spiro atoms. The van der Waals surface area contributed by atoms with Gasteiger partial charge in [-0.25, -0.2) is 0 Å². The Morgan fingerprint density at radius 3 is 2.14 bits per heavy atom. The first kappa shape index (κ1) is 16.3. The molecule has 1 saturated carbocycles. The lowest BCUT2D eigenvalue weighted by Gasteiger charge is -2.23. The van der Waals surface area contributed by atoms with Crippen LogP contribution in [0.1, 0.15) is 44.9 Å². The largest absolute Gasteiger partial charge is 0.481 e. The Labute approximate surface area is 131 Å². The molecular weight excluding hydrogens is 280 g/mol. The van der Waals surface area contributed by atoms with Crippen molar-refractivity contribution in [2.24, 2.45) is 11.8 Å². The number of carboxylic acids is 1. The second-order valence-corrected chi connectivity index (χ2v) is 5.88. The Bertz CT molecular complexity index is 490. The molecule has 1 amide bonds. The minimum absolute atomic E-state index is 0.224. The smallest absolute Gasteiger partial charge is 0.307 e. The van der Waals surface area contributed by atoms with Crippen LogP contribution in [0.15, 0.2) is 30.3 Å². The summed E-state index contributed by atoms with van der Waals surface area (Å²) >= 11 is 0. The Kier molecular flexibility index (Phi) is 6.25. The lowest BCUT2D eigenvalue weighted by molar-refractivity contribution is -0.147. The Balaban J connectivity index is 2.00. The van der Waals surface area contributed by atoms with Gasteiger partial charge in [0.05, 0.1) is 17.5 Å². The van der Waals surface area contributed by atoms with Gasteiger partial charge in [0.2, 0.25) is 5.91 Å². The quantitative estimate of drug-likeness (QED) is 0.746. The summed E-state index contributed by atoms with van der Waals surface area (Å²) in [6.45, 7) is 0. The molecule has 0 radical (unpaired) electrons. The van der Waals surface area contributed by atoms with Crippen molar-refractivity contribution in [3.05, 3.63) is 30.3 Å². The highest BCUT2D eigenvalue weighted by Crippen LogP contribution is 2.28. The molecule has 5 heteroatoms. The first-order valence-electron chi connectivity index (χ1n) is 8.02. The van der Waals surface area contributed by atoms with Crippen molar-refractivity contribution < 1.29 is 14.7 Å². The average molecular weight is 304 g/mol. The third-order valence-electron chi connectivity index (χ3n) is 4.27. The SMILES string of the molecule is O=C(O)C1CCCCCCCC1C(=O)NNc1ccccc1. The molecule has 1 aliphatic rings. The number of hydrogen-bond acceptors (Lipinski definition) is 3. The molecule has 1 fully saturated rings. The van der Waals surface area contributed by atoms with Crippen LogP contribution in [0, 0.1) is 11.8 Å². The molecule has 2 unspecified atom stereocenters. The van der Waals surface area contributed by atoms with Crippen molar-refractivity contribution >= 4 is 17.6 Å². The predicted molar refractivity (Wildman–Crippen MR) is 85.1 cm³/mol. The number of hydrogen-bond donors (Lipinski definition) is 3. The molecule has 0 aromatic heterocycles.